The Balaban J connectivity index is 3.71. The van der Waals surface area contributed by atoms with Crippen molar-refractivity contribution in [1.82, 2.24) is 5.32 Å². The van der Waals surface area contributed by atoms with Gasteiger partial charge in [-0.05, 0) is 37.6 Å². The first-order valence-electron chi connectivity index (χ1n) is 6.51. The first-order valence-corrected chi connectivity index (χ1v) is 11.5. The van der Waals surface area contributed by atoms with Crippen LogP contribution in [0.4, 0.5) is 0 Å². The molecule has 0 rings (SSSR count). The molecule has 0 atom stereocenters. The van der Waals surface area contributed by atoms with Crippen molar-refractivity contribution in [1.29, 1.82) is 0 Å². The van der Waals surface area contributed by atoms with E-state index in [-0.39, 0.29) is 9.52 Å². The second kappa shape index (κ2) is 6.77. The summed E-state index contributed by atoms with van der Waals surface area (Å²) in [6.45, 7) is 17.8. The SMILES string of the molecule is CC(C)=C[SiH2]CNCC[Si](C)(C)C(C)(C)C. The third kappa shape index (κ3) is 6.66. The Bertz CT molecular complexity index is 223. The van der Waals surface area contributed by atoms with Crippen molar-refractivity contribution in [3.63, 3.8) is 0 Å². The highest BCUT2D eigenvalue weighted by Crippen LogP contribution is 2.38. The molecule has 0 aromatic carbocycles. The molecule has 0 heterocycles. The molecule has 0 saturated carbocycles. The van der Waals surface area contributed by atoms with Gasteiger partial charge in [0.1, 0.15) is 0 Å². The summed E-state index contributed by atoms with van der Waals surface area (Å²) in [7, 11) is -1.04. The molecule has 1 N–H and O–H groups in total. The predicted octanol–water partition coefficient (Wildman–Crippen LogP) is 3.13. The fraction of sp³-hybridized carbons (Fsp3) is 0.846. The Kier molecular flexibility index (Phi) is 6.83. The molecule has 0 aromatic heterocycles. The van der Waals surface area contributed by atoms with Gasteiger partial charge in [0.2, 0.25) is 0 Å². The van der Waals surface area contributed by atoms with Crippen LogP contribution < -0.4 is 5.32 Å². The van der Waals surface area contributed by atoms with Crippen molar-refractivity contribution in [3.8, 4) is 0 Å². The molecule has 0 fully saturated rings. The lowest BCUT2D eigenvalue weighted by molar-refractivity contribution is 0.700. The quantitative estimate of drug-likeness (QED) is 0.569. The molecule has 0 unspecified atom stereocenters. The maximum absolute atomic E-state index is 3.62. The molecule has 0 saturated heterocycles. The van der Waals surface area contributed by atoms with Crippen molar-refractivity contribution in [2.45, 2.75) is 58.8 Å². The lowest BCUT2D eigenvalue weighted by Crippen LogP contribution is -2.40. The van der Waals surface area contributed by atoms with Gasteiger partial charge in [-0.1, -0.05) is 39.4 Å². The number of nitrogens with one attached hydrogen (secondary N) is 1. The van der Waals surface area contributed by atoms with E-state index in [4.69, 9.17) is 0 Å². The maximum Gasteiger partial charge on any atom is 0.0608 e. The van der Waals surface area contributed by atoms with Gasteiger partial charge in [-0.2, -0.15) is 0 Å². The van der Waals surface area contributed by atoms with E-state index in [1.165, 1.54) is 24.3 Å². The molecule has 0 bridgehead atoms. The Hall–Kier alpha value is 0.134. The number of rotatable bonds is 6. The minimum atomic E-state index is -1.05. The lowest BCUT2D eigenvalue weighted by atomic mass is 10.2. The van der Waals surface area contributed by atoms with Crippen molar-refractivity contribution in [2.75, 3.05) is 12.7 Å². The summed E-state index contributed by atoms with van der Waals surface area (Å²) in [5.41, 5.74) is 3.93. The summed E-state index contributed by atoms with van der Waals surface area (Å²) in [5.74, 6) is 0. The smallest absolute Gasteiger partial charge is 0.0608 e. The largest absolute Gasteiger partial charge is 0.320 e. The molecule has 0 radical (unpaired) electrons. The number of hydrogen-bond donors (Lipinski definition) is 1. The second-order valence-corrected chi connectivity index (χ2v) is 14.0. The Morgan fingerprint density at radius 2 is 1.81 bits per heavy atom. The molecule has 0 aliphatic heterocycles. The van der Waals surface area contributed by atoms with E-state index in [0.29, 0.717) is 5.04 Å². The van der Waals surface area contributed by atoms with Crippen LogP contribution in [0.2, 0.25) is 24.2 Å². The van der Waals surface area contributed by atoms with Crippen LogP contribution in [0.25, 0.3) is 0 Å². The fourth-order valence-corrected chi connectivity index (χ4v) is 4.09. The van der Waals surface area contributed by atoms with Crippen LogP contribution in [0.5, 0.6) is 0 Å². The highest BCUT2D eigenvalue weighted by Gasteiger charge is 2.33. The summed E-state index contributed by atoms with van der Waals surface area (Å²) in [6.07, 6.45) is 1.26. The van der Waals surface area contributed by atoms with Gasteiger partial charge in [-0.25, -0.2) is 0 Å². The average molecular weight is 258 g/mol. The van der Waals surface area contributed by atoms with E-state index in [2.05, 4.69) is 58.7 Å². The normalized spacial score (nSPS) is 13.4. The van der Waals surface area contributed by atoms with E-state index in [1.54, 1.807) is 0 Å². The van der Waals surface area contributed by atoms with Crippen LogP contribution >= 0.6 is 0 Å². The predicted molar refractivity (Wildman–Crippen MR) is 82.8 cm³/mol. The zero-order valence-corrected chi connectivity index (χ0v) is 14.8. The molecule has 0 spiro atoms. The molecule has 16 heavy (non-hydrogen) atoms. The van der Waals surface area contributed by atoms with Crippen LogP contribution in [0.1, 0.15) is 34.6 Å². The van der Waals surface area contributed by atoms with Gasteiger partial charge in [0.05, 0.1) is 17.6 Å². The lowest BCUT2D eigenvalue weighted by Gasteiger charge is -2.37. The van der Waals surface area contributed by atoms with Gasteiger partial charge in [-0.3, -0.25) is 0 Å². The highest BCUT2D eigenvalue weighted by atomic mass is 28.3. The van der Waals surface area contributed by atoms with E-state index in [1.807, 2.05) is 0 Å². The van der Waals surface area contributed by atoms with E-state index >= 15 is 0 Å². The zero-order chi connectivity index (χ0) is 12.8. The summed E-state index contributed by atoms with van der Waals surface area (Å²) in [5, 5.41) is 4.15. The zero-order valence-electron chi connectivity index (χ0n) is 12.4. The van der Waals surface area contributed by atoms with Gasteiger partial charge in [0, 0.05) is 0 Å². The second-order valence-electron chi connectivity index (χ2n) is 6.70. The van der Waals surface area contributed by atoms with Crippen LogP contribution in [0, 0.1) is 0 Å². The van der Waals surface area contributed by atoms with Crippen LogP contribution in [-0.4, -0.2) is 30.3 Å². The van der Waals surface area contributed by atoms with Crippen molar-refractivity contribution >= 4 is 17.6 Å². The van der Waals surface area contributed by atoms with Crippen LogP contribution in [0.3, 0.4) is 0 Å². The minimum absolute atomic E-state index is 0.00784. The molecule has 0 aliphatic carbocycles. The molecule has 96 valence electrons. The standard InChI is InChI=1S/C13H31NSi2/c1-12(2)10-15-11-14-8-9-16(6,7)13(3,4)5/h10,14H,8-9,11,15H2,1-7H3. The molecule has 0 aromatic rings. The topological polar surface area (TPSA) is 12.0 Å². The fourth-order valence-electron chi connectivity index (χ4n) is 1.36. The highest BCUT2D eigenvalue weighted by molar-refractivity contribution is 6.80. The summed E-state index contributed by atoms with van der Waals surface area (Å²) < 4.78 is 0. The molecule has 0 aliphatic rings. The van der Waals surface area contributed by atoms with Gasteiger partial charge in [0.15, 0.2) is 0 Å². The number of hydrogen-bond acceptors (Lipinski definition) is 1. The summed E-state index contributed by atoms with van der Waals surface area (Å²) in [4.78, 5) is 0. The first-order chi connectivity index (χ1) is 7.17. The maximum atomic E-state index is 3.62. The third-order valence-electron chi connectivity index (χ3n) is 3.83. The first kappa shape index (κ1) is 16.1. The van der Waals surface area contributed by atoms with Gasteiger partial charge in [-0.15, -0.1) is 5.70 Å². The van der Waals surface area contributed by atoms with Crippen LogP contribution in [-0.2, 0) is 0 Å². The molecular weight excluding hydrogens is 226 g/mol. The summed E-state index contributed by atoms with van der Waals surface area (Å²) >= 11 is 0. The molecule has 0 amide bonds. The van der Waals surface area contributed by atoms with E-state index in [9.17, 15) is 0 Å². The minimum Gasteiger partial charge on any atom is -0.320 e. The van der Waals surface area contributed by atoms with Gasteiger partial charge >= 0.3 is 0 Å². The van der Waals surface area contributed by atoms with Gasteiger partial charge < -0.3 is 5.32 Å². The van der Waals surface area contributed by atoms with Crippen molar-refractivity contribution in [3.05, 3.63) is 11.3 Å². The Morgan fingerprint density at radius 3 is 2.25 bits per heavy atom. The van der Waals surface area contributed by atoms with Gasteiger partial charge in [0.25, 0.3) is 0 Å². The summed E-state index contributed by atoms with van der Waals surface area (Å²) in [6, 6.07) is 1.40. The molecule has 1 nitrogen and oxygen atoms in total. The Labute approximate surface area is 106 Å². The number of allylic oxidation sites excluding steroid dienone is 1. The third-order valence-corrected chi connectivity index (χ3v) is 11.1. The molecule has 3 heteroatoms. The van der Waals surface area contributed by atoms with E-state index < -0.39 is 8.07 Å². The molecular formula is C13H31NSi2. The van der Waals surface area contributed by atoms with Crippen molar-refractivity contribution < 1.29 is 0 Å². The van der Waals surface area contributed by atoms with Crippen LogP contribution in [0.15, 0.2) is 11.3 Å². The van der Waals surface area contributed by atoms with Crippen molar-refractivity contribution in [2.24, 2.45) is 0 Å². The average Bonchev–Trinajstić information content (AvgIpc) is 2.08. The Morgan fingerprint density at radius 1 is 1.25 bits per heavy atom. The monoisotopic (exact) mass is 257 g/mol. The van der Waals surface area contributed by atoms with E-state index in [0.717, 1.165) is 0 Å².